The molecule has 0 aromatic carbocycles. The number of halogens is 3. The fourth-order valence-corrected chi connectivity index (χ4v) is 3.62. The maximum Gasteiger partial charge on any atom is 0.391 e. The van der Waals surface area contributed by atoms with E-state index >= 15 is 0 Å². The van der Waals surface area contributed by atoms with Crippen LogP contribution >= 0.6 is 11.3 Å². The Kier molecular flexibility index (Phi) is 4.82. The lowest BCUT2D eigenvalue weighted by Gasteiger charge is -2.15. The molecular weight excluding hydrogens is 317 g/mol. The molecule has 10 heteroatoms. The molecule has 0 spiro atoms. The Hall–Kier alpha value is -1.13. The highest BCUT2D eigenvalue weighted by atomic mass is 32.2. The van der Waals surface area contributed by atoms with Gasteiger partial charge >= 0.3 is 6.18 Å². The average molecular weight is 330 g/mol. The molecule has 0 bridgehead atoms. The summed E-state index contributed by atoms with van der Waals surface area (Å²) in [7, 11) is -3.94. The van der Waals surface area contributed by atoms with E-state index in [9.17, 15) is 26.4 Å². The number of nitrogens with one attached hydrogen (secondary N) is 1. The number of alkyl halides is 3. The third kappa shape index (κ3) is 4.46. The van der Waals surface area contributed by atoms with Crippen molar-refractivity contribution in [3.05, 3.63) is 16.5 Å². The van der Waals surface area contributed by atoms with Crippen LogP contribution in [-0.2, 0) is 10.0 Å². The van der Waals surface area contributed by atoms with Gasteiger partial charge in [-0.15, -0.1) is 11.3 Å². The molecule has 1 aromatic heterocycles. The van der Waals surface area contributed by atoms with Crippen LogP contribution in [0, 0.1) is 6.92 Å². The summed E-state index contributed by atoms with van der Waals surface area (Å²) in [6.45, 7) is 2.59. The number of hydrogen-bond donors (Lipinski definition) is 2. The summed E-state index contributed by atoms with van der Waals surface area (Å²) in [4.78, 5) is 11.8. The maximum absolute atomic E-state index is 12.2. The zero-order valence-corrected chi connectivity index (χ0v) is 12.2. The molecule has 3 N–H and O–H groups in total. The zero-order chi connectivity index (χ0) is 15.7. The predicted molar refractivity (Wildman–Crippen MR) is 68.0 cm³/mol. The SMILES string of the molecule is Cc1c(C(=O)NC(C)CC(F)(F)F)csc1S(N)(=O)=O. The minimum Gasteiger partial charge on any atom is -0.349 e. The molecule has 1 heterocycles. The quantitative estimate of drug-likeness (QED) is 0.882. The van der Waals surface area contributed by atoms with Crippen molar-refractivity contribution in [1.29, 1.82) is 0 Å². The van der Waals surface area contributed by atoms with E-state index in [4.69, 9.17) is 5.14 Å². The number of amides is 1. The van der Waals surface area contributed by atoms with Crippen molar-refractivity contribution in [3.63, 3.8) is 0 Å². The van der Waals surface area contributed by atoms with Crippen molar-refractivity contribution in [2.24, 2.45) is 5.14 Å². The van der Waals surface area contributed by atoms with E-state index in [2.05, 4.69) is 5.32 Å². The second kappa shape index (κ2) is 5.70. The van der Waals surface area contributed by atoms with Crippen LogP contribution in [0.15, 0.2) is 9.59 Å². The summed E-state index contributed by atoms with van der Waals surface area (Å²) in [5.74, 6) is -0.759. The molecule has 0 radical (unpaired) electrons. The summed E-state index contributed by atoms with van der Waals surface area (Å²) in [6.07, 6.45) is -5.55. The fourth-order valence-electron chi connectivity index (χ4n) is 1.60. The van der Waals surface area contributed by atoms with Gasteiger partial charge in [0.1, 0.15) is 4.21 Å². The van der Waals surface area contributed by atoms with Crippen molar-refractivity contribution in [2.45, 2.75) is 36.7 Å². The summed E-state index contributed by atoms with van der Waals surface area (Å²) in [6, 6.07) is -1.11. The van der Waals surface area contributed by atoms with E-state index in [1.165, 1.54) is 19.2 Å². The van der Waals surface area contributed by atoms with Crippen LogP contribution in [0.1, 0.15) is 29.3 Å². The van der Waals surface area contributed by atoms with Crippen LogP contribution in [0.25, 0.3) is 0 Å². The lowest BCUT2D eigenvalue weighted by molar-refractivity contribution is -0.138. The molecule has 1 unspecified atom stereocenters. The number of primary sulfonamides is 1. The van der Waals surface area contributed by atoms with E-state index in [0.29, 0.717) is 0 Å². The first kappa shape index (κ1) is 16.9. The van der Waals surface area contributed by atoms with Gasteiger partial charge in [0.25, 0.3) is 5.91 Å². The van der Waals surface area contributed by atoms with Gasteiger partial charge in [-0.25, -0.2) is 13.6 Å². The number of nitrogens with two attached hydrogens (primary N) is 1. The number of thiophene rings is 1. The Bertz CT molecular complexity index is 608. The lowest BCUT2D eigenvalue weighted by Crippen LogP contribution is -2.36. The molecule has 0 saturated heterocycles. The highest BCUT2D eigenvalue weighted by Crippen LogP contribution is 2.26. The Labute approximate surface area is 118 Å². The molecule has 1 atom stereocenters. The standard InChI is InChI=1S/C10H13F3N2O3S2/c1-5(3-10(11,12)13)15-8(16)7-4-19-9(6(7)2)20(14,17)18/h4-5H,3H2,1-2H3,(H,15,16)(H2,14,17,18). The summed E-state index contributed by atoms with van der Waals surface area (Å²) in [5, 5.41) is 8.38. The van der Waals surface area contributed by atoms with Crippen LogP contribution in [0.2, 0.25) is 0 Å². The van der Waals surface area contributed by atoms with E-state index in [1.54, 1.807) is 0 Å². The Morgan fingerprint density at radius 1 is 1.50 bits per heavy atom. The number of rotatable bonds is 4. The van der Waals surface area contributed by atoms with E-state index in [0.717, 1.165) is 11.3 Å². The molecule has 0 saturated carbocycles. The van der Waals surface area contributed by atoms with Crippen LogP contribution in [0.3, 0.4) is 0 Å². The van der Waals surface area contributed by atoms with Crippen molar-refractivity contribution in [3.8, 4) is 0 Å². The first-order valence-electron chi connectivity index (χ1n) is 5.40. The molecule has 0 aliphatic heterocycles. The second-order valence-electron chi connectivity index (χ2n) is 4.30. The van der Waals surface area contributed by atoms with E-state index < -0.39 is 34.6 Å². The Morgan fingerprint density at radius 3 is 2.45 bits per heavy atom. The van der Waals surface area contributed by atoms with Crippen molar-refractivity contribution >= 4 is 27.3 Å². The molecule has 1 amide bonds. The second-order valence-corrected chi connectivity index (χ2v) is 6.94. The van der Waals surface area contributed by atoms with Crippen molar-refractivity contribution in [1.82, 2.24) is 5.32 Å². The third-order valence-corrected chi connectivity index (χ3v) is 5.09. The monoisotopic (exact) mass is 330 g/mol. The lowest BCUT2D eigenvalue weighted by atomic mass is 10.1. The van der Waals surface area contributed by atoms with Crippen molar-refractivity contribution in [2.75, 3.05) is 0 Å². The first-order chi connectivity index (χ1) is 8.92. The minimum absolute atomic E-state index is 0.00745. The van der Waals surface area contributed by atoms with Gasteiger partial charge in [-0.05, 0) is 19.4 Å². The van der Waals surface area contributed by atoms with Crippen LogP contribution in [0.4, 0.5) is 13.2 Å². The highest BCUT2D eigenvalue weighted by Gasteiger charge is 2.31. The van der Waals surface area contributed by atoms with Gasteiger partial charge in [0.05, 0.1) is 12.0 Å². The van der Waals surface area contributed by atoms with Crippen LogP contribution in [-0.4, -0.2) is 26.5 Å². The smallest absolute Gasteiger partial charge is 0.349 e. The van der Waals surface area contributed by atoms with E-state index in [-0.39, 0.29) is 15.3 Å². The van der Waals surface area contributed by atoms with Gasteiger partial charge in [0.2, 0.25) is 10.0 Å². The molecule has 0 fully saturated rings. The third-order valence-electron chi connectivity index (χ3n) is 2.41. The van der Waals surface area contributed by atoms with Crippen LogP contribution in [0.5, 0.6) is 0 Å². The number of carbonyl (C=O) groups excluding carboxylic acids is 1. The molecule has 1 rings (SSSR count). The fraction of sp³-hybridized carbons (Fsp3) is 0.500. The topological polar surface area (TPSA) is 89.3 Å². The Balaban J connectivity index is 2.87. The average Bonchev–Trinajstić information content (AvgIpc) is 2.55. The molecule has 114 valence electrons. The van der Waals surface area contributed by atoms with Crippen LogP contribution < -0.4 is 10.5 Å². The van der Waals surface area contributed by atoms with Gasteiger partial charge in [0, 0.05) is 11.4 Å². The first-order valence-corrected chi connectivity index (χ1v) is 7.83. The van der Waals surface area contributed by atoms with E-state index in [1.807, 2.05) is 0 Å². The zero-order valence-electron chi connectivity index (χ0n) is 10.6. The molecule has 20 heavy (non-hydrogen) atoms. The molecule has 0 aliphatic carbocycles. The van der Waals surface area contributed by atoms with Gasteiger partial charge < -0.3 is 5.32 Å². The number of sulfonamides is 1. The molecule has 1 aromatic rings. The molecule has 5 nitrogen and oxygen atoms in total. The van der Waals surface area contributed by atoms with Gasteiger partial charge in [0.15, 0.2) is 0 Å². The van der Waals surface area contributed by atoms with Gasteiger partial charge in [-0.1, -0.05) is 0 Å². The molecular formula is C10H13F3N2O3S2. The van der Waals surface area contributed by atoms with Gasteiger partial charge in [-0.2, -0.15) is 13.2 Å². The summed E-state index contributed by atoms with van der Waals surface area (Å²) < 4.78 is 58.7. The summed E-state index contributed by atoms with van der Waals surface area (Å²) in [5.41, 5.74) is 0.141. The summed E-state index contributed by atoms with van der Waals surface area (Å²) >= 11 is 0.756. The largest absolute Gasteiger partial charge is 0.391 e. The van der Waals surface area contributed by atoms with Gasteiger partial charge in [-0.3, -0.25) is 4.79 Å². The maximum atomic E-state index is 12.2. The number of carbonyl (C=O) groups is 1. The predicted octanol–water partition coefficient (Wildman–Crippen LogP) is 1.77. The highest BCUT2D eigenvalue weighted by molar-refractivity contribution is 7.91. The van der Waals surface area contributed by atoms with Crippen molar-refractivity contribution < 1.29 is 26.4 Å². The normalized spacial score (nSPS) is 14.1. The molecule has 0 aliphatic rings. The minimum atomic E-state index is -4.39. The Morgan fingerprint density at radius 2 is 2.05 bits per heavy atom. The number of hydrogen-bond acceptors (Lipinski definition) is 4.